The van der Waals surface area contributed by atoms with Crippen LogP contribution in [-0.4, -0.2) is 153 Å². The first-order valence-corrected chi connectivity index (χ1v) is 25.3. The summed E-state index contributed by atoms with van der Waals surface area (Å²) in [6.07, 6.45) is 3.89. The van der Waals surface area contributed by atoms with Crippen molar-refractivity contribution in [1.29, 1.82) is 0 Å². The van der Waals surface area contributed by atoms with Crippen molar-refractivity contribution in [2.75, 3.05) is 37.7 Å². The van der Waals surface area contributed by atoms with Gasteiger partial charge in [0.05, 0.1) is 25.7 Å². The van der Waals surface area contributed by atoms with E-state index in [2.05, 4.69) is 77.8 Å². The number of rotatable bonds is 30. The third-order valence-corrected chi connectivity index (χ3v) is 12.7. The van der Waals surface area contributed by atoms with Gasteiger partial charge in [0.15, 0.2) is 0 Å². The van der Waals surface area contributed by atoms with Crippen LogP contribution in [0.5, 0.6) is 0 Å². The van der Waals surface area contributed by atoms with Crippen LogP contribution < -0.4 is 54.0 Å². The minimum Gasteiger partial charge on any atom is -0.480 e. The van der Waals surface area contributed by atoms with E-state index in [-0.39, 0.29) is 43.7 Å². The molecule has 5 aromatic rings. The summed E-state index contributed by atoms with van der Waals surface area (Å²) in [6.45, 7) is -1.95. The van der Waals surface area contributed by atoms with Gasteiger partial charge in [-0.1, -0.05) is 66.7 Å². The Hall–Kier alpha value is -7.45. The first kappa shape index (κ1) is 58.4. The minimum atomic E-state index is -1.67. The summed E-state index contributed by atoms with van der Waals surface area (Å²) in [7, 11) is 0. The number of carbonyl (C=O) groups is 9. The van der Waals surface area contributed by atoms with Crippen LogP contribution in [0, 0.1) is 0 Å². The number of aliphatic hydroxyl groups excluding tert-OH is 1. The zero-order chi connectivity index (χ0) is 54.4. The van der Waals surface area contributed by atoms with Gasteiger partial charge in [0, 0.05) is 65.0 Å². The molecule has 25 heteroatoms. The van der Waals surface area contributed by atoms with Gasteiger partial charge in [0.2, 0.25) is 47.3 Å². The smallest absolute Gasteiger partial charge is 0.327 e. The monoisotopic (exact) mass is 1070 g/mol. The molecule has 402 valence electrons. The fourth-order valence-electron chi connectivity index (χ4n) is 7.91. The number of hydrogen-bond acceptors (Lipinski definition) is 14. The average molecular weight is 1070 g/mol. The predicted molar refractivity (Wildman–Crippen MR) is 285 cm³/mol. The zero-order valence-corrected chi connectivity index (χ0v) is 42.6. The Bertz CT molecular complexity index is 2780. The molecule has 0 fully saturated rings. The molecule has 0 aliphatic heterocycles. The van der Waals surface area contributed by atoms with E-state index in [0.29, 0.717) is 34.9 Å². The highest BCUT2D eigenvalue weighted by molar-refractivity contribution is 7.80. The lowest BCUT2D eigenvalue weighted by molar-refractivity contribution is -0.141. The van der Waals surface area contributed by atoms with E-state index in [1.54, 1.807) is 73.1 Å². The minimum absolute atomic E-state index is 0.0238. The van der Waals surface area contributed by atoms with Crippen molar-refractivity contribution in [2.45, 2.75) is 80.8 Å². The number of carboxylic acid groups (broad SMARTS) is 1. The van der Waals surface area contributed by atoms with Crippen LogP contribution in [0.4, 0.5) is 0 Å². The van der Waals surface area contributed by atoms with Crippen molar-refractivity contribution in [3.05, 3.63) is 108 Å². The van der Waals surface area contributed by atoms with E-state index in [0.717, 1.165) is 16.4 Å². The SMILES string of the molecule is NCCCC[C@H](NC(=O)[C@H](Cc1c[nH]c2ccccc12)NC(=O)[C@H](CO)NC(=O)CNC(=O)[C@H](Cc1c[nH]c2ccccc12)NC(=O)CNC(=O)[C@@H](N)CS)C(=O)N[C@@H](Cc1ccccc1)C(=O)N[C@@H](CS)C(=O)O. The quantitative estimate of drug-likeness (QED) is 0.0179. The van der Waals surface area contributed by atoms with Crippen molar-refractivity contribution in [3.8, 4) is 0 Å². The second-order valence-corrected chi connectivity index (χ2v) is 18.2. The molecule has 7 atom stereocenters. The molecular weight excluding hydrogens is 1010 g/mol. The van der Waals surface area contributed by atoms with Crippen molar-refractivity contribution >= 4 is 100 Å². The molecule has 75 heavy (non-hydrogen) atoms. The van der Waals surface area contributed by atoms with Crippen LogP contribution in [0.2, 0.25) is 0 Å². The molecule has 8 amide bonds. The van der Waals surface area contributed by atoms with E-state index in [1.165, 1.54) is 0 Å². The summed E-state index contributed by atoms with van der Waals surface area (Å²) < 4.78 is 0. The van der Waals surface area contributed by atoms with Crippen molar-refractivity contribution < 1.29 is 53.4 Å². The molecule has 0 unspecified atom stereocenters. The summed E-state index contributed by atoms with van der Waals surface area (Å²) in [6, 6.07) is 13.7. The molecule has 0 spiro atoms. The van der Waals surface area contributed by atoms with Crippen LogP contribution in [0.15, 0.2) is 91.3 Å². The number of nitrogens with two attached hydrogens (primary N) is 2. The van der Waals surface area contributed by atoms with Crippen LogP contribution in [0.25, 0.3) is 21.8 Å². The van der Waals surface area contributed by atoms with E-state index in [9.17, 15) is 53.4 Å². The molecule has 16 N–H and O–H groups in total. The van der Waals surface area contributed by atoms with Crippen LogP contribution in [-0.2, 0) is 62.4 Å². The van der Waals surface area contributed by atoms with Crippen molar-refractivity contribution in [2.24, 2.45) is 11.5 Å². The van der Waals surface area contributed by atoms with Gasteiger partial charge in [-0.25, -0.2) is 4.79 Å². The van der Waals surface area contributed by atoms with Gasteiger partial charge < -0.3 is 74.2 Å². The molecule has 0 saturated carbocycles. The Morgan fingerprint density at radius 1 is 0.520 bits per heavy atom. The van der Waals surface area contributed by atoms with Gasteiger partial charge in [-0.05, 0) is 54.6 Å². The van der Waals surface area contributed by atoms with Crippen LogP contribution in [0.1, 0.15) is 36.0 Å². The van der Waals surface area contributed by atoms with Gasteiger partial charge >= 0.3 is 5.97 Å². The van der Waals surface area contributed by atoms with Gasteiger partial charge in [-0.2, -0.15) is 25.3 Å². The normalized spacial score (nSPS) is 13.9. The highest BCUT2D eigenvalue weighted by Crippen LogP contribution is 2.21. The lowest BCUT2D eigenvalue weighted by Gasteiger charge is -2.27. The molecule has 0 aliphatic rings. The number of benzene rings is 3. The third-order valence-electron chi connectivity index (χ3n) is 12.0. The highest BCUT2D eigenvalue weighted by Gasteiger charge is 2.33. The number of aromatic amines is 2. The molecule has 0 bridgehead atoms. The summed E-state index contributed by atoms with van der Waals surface area (Å²) in [5, 5.41) is 41.6. The number of nitrogens with one attached hydrogen (secondary N) is 10. The number of H-pyrrole nitrogens is 2. The number of amides is 8. The highest BCUT2D eigenvalue weighted by atomic mass is 32.1. The summed E-state index contributed by atoms with van der Waals surface area (Å²) in [5.74, 6) is -8.13. The van der Waals surface area contributed by atoms with Crippen LogP contribution in [0.3, 0.4) is 0 Å². The molecule has 5 rings (SSSR count). The van der Waals surface area contributed by atoms with E-state index in [4.69, 9.17) is 11.5 Å². The Balaban J connectivity index is 1.32. The fraction of sp³-hybridized carbons (Fsp3) is 0.380. The molecule has 3 aromatic carbocycles. The van der Waals surface area contributed by atoms with Crippen molar-refractivity contribution in [3.63, 3.8) is 0 Å². The molecular formula is C50H64N12O11S2. The number of aliphatic carboxylic acids is 1. The first-order valence-electron chi connectivity index (χ1n) is 24.1. The van der Waals surface area contributed by atoms with E-state index in [1.807, 2.05) is 18.2 Å². The number of para-hydroxylation sites is 2. The number of unbranched alkanes of at least 4 members (excludes halogenated alkanes) is 1. The zero-order valence-electron chi connectivity index (χ0n) is 40.8. The maximum absolute atomic E-state index is 14.5. The number of hydrogen-bond donors (Lipinski definition) is 16. The molecule has 0 aliphatic carbocycles. The Kier molecular flexibility index (Phi) is 22.9. The fourth-order valence-corrected chi connectivity index (χ4v) is 8.32. The molecule has 0 radical (unpaired) electrons. The number of carbonyl (C=O) groups excluding carboxylic acids is 8. The number of aromatic nitrogens is 2. The van der Waals surface area contributed by atoms with Gasteiger partial charge in [0.25, 0.3) is 0 Å². The summed E-state index contributed by atoms with van der Waals surface area (Å²) in [5.41, 5.74) is 14.8. The molecule has 0 saturated heterocycles. The number of carboxylic acids is 1. The van der Waals surface area contributed by atoms with Gasteiger partial charge in [-0.3, -0.25) is 38.4 Å². The standard InChI is InChI=1S/C50H64N12O11S2/c51-17-9-8-16-36(46(68)60-37(18-28-10-2-1-3-11-28)47(69)62-41(27-75)50(72)73)59-48(70)39(20-30-22-54-35-15-7-5-13-32(30)35)61-49(71)40(25-63)58-43(65)24-56-45(67)38(57-42(64)23-55-44(66)33(52)26-74)19-29-21-53-34-14-6-4-12-31(29)34/h1-7,10-15,21-22,33,36-41,53-54,63,74-75H,8-9,16-20,23-27,51-52H2,(H,55,66)(H,56,67)(H,57,64)(H,58,65)(H,59,70)(H,60,68)(H,61,71)(H,62,69)(H,72,73)/t33-,36-,37-,38-,39-,40-,41-/m0/s1. The average Bonchev–Trinajstić information content (AvgIpc) is 4.02. The molecule has 2 heterocycles. The second-order valence-electron chi connectivity index (χ2n) is 17.5. The first-order chi connectivity index (χ1) is 36.0. The maximum Gasteiger partial charge on any atom is 0.327 e. The lowest BCUT2D eigenvalue weighted by atomic mass is 10.0. The van der Waals surface area contributed by atoms with Gasteiger partial charge in [0.1, 0.15) is 36.3 Å². The lowest BCUT2D eigenvalue weighted by Crippen LogP contribution is -2.60. The van der Waals surface area contributed by atoms with Gasteiger partial charge in [-0.15, -0.1) is 0 Å². The third kappa shape index (κ3) is 17.6. The Morgan fingerprint density at radius 3 is 1.49 bits per heavy atom. The molecule has 2 aromatic heterocycles. The number of thiol groups is 2. The number of fused-ring (bicyclic) bond motifs is 2. The van der Waals surface area contributed by atoms with E-state index < -0.39 is 115 Å². The Morgan fingerprint density at radius 2 is 0.973 bits per heavy atom. The van der Waals surface area contributed by atoms with Crippen LogP contribution >= 0.6 is 25.3 Å². The summed E-state index contributed by atoms with van der Waals surface area (Å²) >= 11 is 8.02. The van der Waals surface area contributed by atoms with E-state index >= 15 is 0 Å². The summed E-state index contributed by atoms with van der Waals surface area (Å²) in [4.78, 5) is 126. The number of aliphatic hydroxyl groups is 1. The predicted octanol–water partition coefficient (Wildman–Crippen LogP) is -1.79. The van der Waals surface area contributed by atoms with Crippen molar-refractivity contribution in [1.82, 2.24) is 52.5 Å². The molecule has 23 nitrogen and oxygen atoms in total. The largest absolute Gasteiger partial charge is 0.480 e. The topological polar surface area (TPSA) is 374 Å². The maximum atomic E-state index is 14.5. The Labute approximate surface area is 442 Å². The second kappa shape index (κ2) is 29.4.